The average Bonchev–Trinajstić information content (AvgIpc) is 2.47. The van der Waals surface area contributed by atoms with E-state index in [9.17, 15) is 8.42 Å². The molecule has 106 valence electrons. The highest BCUT2D eigenvalue weighted by Crippen LogP contribution is 2.32. The maximum atomic E-state index is 12.6. The second-order valence-electron chi connectivity index (χ2n) is 4.54. The van der Waals surface area contributed by atoms with E-state index in [1.54, 1.807) is 36.4 Å². The molecule has 0 N–H and O–H groups in total. The van der Waals surface area contributed by atoms with Crippen molar-refractivity contribution in [3.8, 4) is 0 Å². The number of sulfone groups is 1. The first kappa shape index (κ1) is 15.1. The fourth-order valence-corrected chi connectivity index (χ4v) is 4.29. The van der Waals surface area contributed by atoms with Crippen LogP contribution in [0, 0.1) is 0 Å². The lowest BCUT2D eigenvalue weighted by Crippen LogP contribution is -2.05. The zero-order valence-corrected chi connectivity index (χ0v) is 13.1. The Kier molecular flexibility index (Phi) is 4.51. The van der Waals surface area contributed by atoms with Crippen molar-refractivity contribution in [3.63, 3.8) is 0 Å². The van der Waals surface area contributed by atoms with Crippen molar-refractivity contribution in [1.82, 2.24) is 0 Å². The average molecular weight is 309 g/mol. The Morgan fingerprint density at radius 2 is 1.60 bits per heavy atom. The largest absolute Gasteiger partial charge is 0.218 e. The van der Waals surface area contributed by atoms with E-state index in [2.05, 4.69) is 0 Å². The van der Waals surface area contributed by atoms with Gasteiger partial charge >= 0.3 is 0 Å². The maximum Gasteiger partial charge on any atom is 0.208 e. The number of hydrogen-bond acceptors (Lipinski definition) is 2. The van der Waals surface area contributed by atoms with E-state index < -0.39 is 9.84 Å². The summed E-state index contributed by atoms with van der Waals surface area (Å²) in [4.78, 5) is 0.465. The highest BCUT2D eigenvalue weighted by Gasteiger charge is 2.22. The molecule has 0 bridgehead atoms. The van der Waals surface area contributed by atoms with E-state index >= 15 is 0 Å². The van der Waals surface area contributed by atoms with Crippen LogP contribution in [-0.2, 0) is 22.7 Å². The molecule has 0 radical (unpaired) electrons. The monoisotopic (exact) mass is 308 g/mol. The molecule has 4 heteroatoms. The minimum atomic E-state index is -3.56. The van der Waals surface area contributed by atoms with Crippen LogP contribution in [-0.4, -0.2) is 8.42 Å². The zero-order chi connectivity index (χ0) is 14.8. The summed E-state index contributed by atoms with van der Waals surface area (Å²) in [6.45, 7) is 4.02. The molecule has 0 saturated carbocycles. The summed E-state index contributed by atoms with van der Waals surface area (Å²) in [6.07, 6.45) is 1.56. The van der Waals surface area contributed by atoms with Gasteiger partial charge in [-0.25, -0.2) is 8.42 Å². The first-order valence-electron chi connectivity index (χ1n) is 6.62. The molecule has 20 heavy (non-hydrogen) atoms. The predicted octanol–water partition coefficient (Wildman–Crippen LogP) is 4.30. The summed E-state index contributed by atoms with van der Waals surface area (Å²) in [5.41, 5.74) is 2.02. The lowest BCUT2D eigenvalue weighted by atomic mass is 10.0. The van der Waals surface area contributed by atoms with E-state index in [4.69, 9.17) is 11.6 Å². The molecule has 0 unspecified atom stereocenters. The highest BCUT2D eigenvalue weighted by molar-refractivity contribution is 7.91. The maximum absolute atomic E-state index is 12.6. The molecule has 2 rings (SSSR count). The SMILES string of the molecule is CCc1ccc(S(=O)(=O)c2ccccc2)c(Cl)c1CC. The molecule has 0 amide bonds. The van der Waals surface area contributed by atoms with Gasteiger partial charge in [-0.2, -0.15) is 0 Å². The topological polar surface area (TPSA) is 34.1 Å². The number of rotatable bonds is 4. The highest BCUT2D eigenvalue weighted by atomic mass is 35.5. The Balaban J connectivity index is 2.65. The van der Waals surface area contributed by atoms with Crippen LogP contribution in [0.1, 0.15) is 25.0 Å². The quantitative estimate of drug-likeness (QED) is 0.844. The van der Waals surface area contributed by atoms with Gasteiger partial charge in [-0.1, -0.05) is 49.7 Å². The van der Waals surface area contributed by atoms with Crippen LogP contribution >= 0.6 is 11.6 Å². The fraction of sp³-hybridized carbons (Fsp3) is 0.250. The second kappa shape index (κ2) is 5.98. The third-order valence-corrected chi connectivity index (χ3v) is 5.74. The van der Waals surface area contributed by atoms with Gasteiger partial charge in [0, 0.05) is 0 Å². The third kappa shape index (κ3) is 2.60. The van der Waals surface area contributed by atoms with Gasteiger partial charge in [0.05, 0.1) is 14.8 Å². The zero-order valence-electron chi connectivity index (χ0n) is 11.6. The van der Waals surface area contributed by atoms with E-state index in [1.807, 2.05) is 19.9 Å². The van der Waals surface area contributed by atoms with Gasteiger partial charge in [-0.3, -0.25) is 0 Å². The number of hydrogen-bond donors (Lipinski definition) is 0. The van der Waals surface area contributed by atoms with Crippen molar-refractivity contribution in [2.45, 2.75) is 36.5 Å². The summed E-state index contributed by atoms with van der Waals surface area (Å²) in [7, 11) is -3.56. The van der Waals surface area contributed by atoms with Crippen LogP contribution in [0.25, 0.3) is 0 Å². The number of benzene rings is 2. The minimum Gasteiger partial charge on any atom is -0.218 e. The van der Waals surface area contributed by atoms with Crippen molar-refractivity contribution < 1.29 is 8.42 Å². The van der Waals surface area contributed by atoms with Crippen molar-refractivity contribution in [2.24, 2.45) is 0 Å². The smallest absolute Gasteiger partial charge is 0.208 e. The predicted molar refractivity (Wildman–Crippen MR) is 82.1 cm³/mol. The van der Waals surface area contributed by atoms with Crippen molar-refractivity contribution in [2.75, 3.05) is 0 Å². The van der Waals surface area contributed by atoms with Gasteiger partial charge in [0.25, 0.3) is 0 Å². The molecule has 0 heterocycles. The van der Waals surface area contributed by atoms with Crippen LogP contribution < -0.4 is 0 Å². The number of aryl methyl sites for hydroxylation is 1. The van der Waals surface area contributed by atoms with Gasteiger partial charge in [0.15, 0.2) is 0 Å². The molecular formula is C16H17ClO2S. The molecule has 0 aliphatic heterocycles. The lowest BCUT2D eigenvalue weighted by molar-refractivity contribution is 0.596. The lowest BCUT2D eigenvalue weighted by Gasteiger charge is -2.13. The first-order chi connectivity index (χ1) is 9.52. The van der Waals surface area contributed by atoms with E-state index in [-0.39, 0.29) is 9.79 Å². The van der Waals surface area contributed by atoms with Gasteiger partial charge in [-0.15, -0.1) is 0 Å². The Morgan fingerprint density at radius 3 is 2.15 bits per heavy atom. The van der Waals surface area contributed by atoms with Gasteiger partial charge in [0.1, 0.15) is 0 Å². The Labute approximate surface area is 125 Å². The van der Waals surface area contributed by atoms with Crippen LogP contribution in [0.3, 0.4) is 0 Å². The molecule has 0 aliphatic carbocycles. The molecule has 0 aromatic heterocycles. The molecule has 0 spiro atoms. The summed E-state index contributed by atoms with van der Waals surface area (Å²) in [5.74, 6) is 0. The van der Waals surface area contributed by atoms with Gasteiger partial charge in [0.2, 0.25) is 9.84 Å². The van der Waals surface area contributed by atoms with Gasteiger partial charge < -0.3 is 0 Å². The van der Waals surface area contributed by atoms with Crippen LogP contribution in [0.15, 0.2) is 52.3 Å². The Hall–Kier alpha value is -1.32. The van der Waals surface area contributed by atoms with Crippen LogP contribution in [0.4, 0.5) is 0 Å². The summed E-state index contributed by atoms with van der Waals surface area (Å²) < 4.78 is 25.3. The molecular weight excluding hydrogens is 292 g/mol. The Bertz CT molecular complexity index is 707. The molecule has 2 aromatic rings. The van der Waals surface area contributed by atoms with Gasteiger partial charge in [-0.05, 0) is 42.2 Å². The normalized spacial score (nSPS) is 11.6. The van der Waals surface area contributed by atoms with E-state index in [0.717, 1.165) is 24.0 Å². The van der Waals surface area contributed by atoms with Crippen molar-refractivity contribution in [3.05, 3.63) is 58.6 Å². The Morgan fingerprint density at radius 1 is 0.950 bits per heavy atom. The third-order valence-electron chi connectivity index (χ3n) is 3.38. The van der Waals surface area contributed by atoms with E-state index in [0.29, 0.717) is 5.02 Å². The summed E-state index contributed by atoms with van der Waals surface area (Å²) in [6, 6.07) is 11.9. The van der Waals surface area contributed by atoms with E-state index in [1.165, 1.54) is 0 Å². The fourth-order valence-electron chi connectivity index (χ4n) is 2.29. The summed E-state index contributed by atoms with van der Waals surface area (Å²) in [5, 5.41) is 0.357. The molecule has 2 nitrogen and oxygen atoms in total. The molecule has 0 saturated heterocycles. The van der Waals surface area contributed by atoms with Crippen LogP contribution in [0.2, 0.25) is 5.02 Å². The standard InChI is InChI=1S/C16H17ClO2S/c1-3-12-10-11-15(16(17)14(12)4-2)20(18,19)13-8-6-5-7-9-13/h5-11H,3-4H2,1-2H3. The molecule has 0 atom stereocenters. The minimum absolute atomic E-state index is 0.194. The first-order valence-corrected chi connectivity index (χ1v) is 8.48. The van der Waals surface area contributed by atoms with Crippen LogP contribution in [0.5, 0.6) is 0 Å². The number of halogens is 1. The van der Waals surface area contributed by atoms with Crippen molar-refractivity contribution in [1.29, 1.82) is 0 Å². The van der Waals surface area contributed by atoms with Crippen molar-refractivity contribution >= 4 is 21.4 Å². The molecule has 2 aromatic carbocycles. The second-order valence-corrected chi connectivity index (χ2v) is 6.84. The molecule has 0 aliphatic rings. The summed E-state index contributed by atoms with van der Waals surface area (Å²) >= 11 is 6.35. The molecule has 0 fully saturated rings.